The topological polar surface area (TPSA) is 70.8 Å². The van der Waals surface area contributed by atoms with Gasteiger partial charge in [0.1, 0.15) is 5.02 Å². The molecule has 7 nitrogen and oxygen atoms in total. The lowest BCUT2D eigenvalue weighted by atomic mass is 9.94. The summed E-state index contributed by atoms with van der Waals surface area (Å²) in [5, 5.41) is 4.65. The zero-order valence-corrected chi connectivity index (χ0v) is 15.0. The van der Waals surface area contributed by atoms with E-state index in [1.165, 1.54) is 0 Å². The van der Waals surface area contributed by atoms with Gasteiger partial charge in [0.15, 0.2) is 11.3 Å². The molecule has 0 unspecified atom stereocenters. The molecule has 2 aromatic rings. The number of hydrogen-bond donors (Lipinski definition) is 0. The summed E-state index contributed by atoms with van der Waals surface area (Å²) in [5.74, 6) is 0.202. The average Bonchev–Trinajstić information content (AvgIpc) is 2.76. The summed E-state index contributed by atoms with van der Waals surface area (Å²) in [5.41, 5.74) is 1.67. The molecule has 5 rings (SSSR count). The molecule has 132 valence electrons. The number of aryl methyl sites for hydroxylation is 1. The summed E-state index contributed by atoms with van der Waals surface area (Å²) < 4.78 is 1.56. The van der Waals surface area contributed by atoms with Gasteiger partial charge in [-0.25, -0.2) is 9.50 Å². The number of amides is 2. The van der Waals surface area contributed by atoms with E-state index in [9.17, 15) is 9.59 Å². The summed E-state index contributed by atoms with van der Waals surface area (Å²) in [6.45, 7) is 5.44. The molecule has 2 aromatic heterocycles. The second-order valence-corrected chi connectivity index (χ2v) is 7.42. The minimum Gasteiger partial charge on any atom is -0.341 e. The number of rotatable bonds is 1. The molecular formula is C17H20ClN5O2. The van der Waals surface area contributed by atoms with Gasteiger partial charge < -0.3 is 9.80 Å². The fourth-order valence-corrected chi connectivity index (χ4v) is 4.11. The molecule has 0 aromatic carbocycles. The van der Waals surface area contributed by atoms with Crippen LogP contribution in [0.25, 0.3) is 5.65 Å². The molecule has 0 N–H and O–H groups in total. The van der Waals surface area contributed by atoms with E-state index in [2.05, 4.69) is 10.1 Å². The van der Waals surface area contributed by atoms with Gasteiger partial charge in [0.05, 0.1) is 0 Å². The SMILES string of the molecule is CC(=O)N1C[C@H]2CC[C@@H](C1)N(C(=O)c1nn3cc(C)cnc3c1Cl)C2. The number of aromatic nitrogens is 3. The van der Waals surface area contributed by atoms with Crippen molar-refractivity contribution >= 4 is 29.1 Å². The van der Waals surface area contributed by atoms with Gasteiger partial charge in [-0.05, 0) is 31.2 Å². The molecule has 0 radical (unpaired) electrons. The highest BCUT2D eigenvalue weighted by Gasteiger charge is 2.39. The molecule has 5 heterocycles. The predicted octanol–water partition coefficient (Wildman–Crippen LogP) is 1.77. The highest BCUT2D eigenvalue weighted by Crippen LogP contribution is 2.31. The van der Waals surface area contributed by atoms with E-state index in [1.807, 2.05) is 16.7 Å². The fraction of sp³-hybridized carbons (Fsp3) is 0.529. The van der Waals surface area contributed by atoms with E-state index in [4.69, 9.17) is 11.6 Å². The molecule has 3 fully saturated rings. The zero-order chi connectivity index (χ0) is 17.7. The van der Waals surface area contributed by atoms with E-state index in [-0.39, 0.29) is 28.6 Å². The Labute approximate surface area is 150 Å². The number of carbonyl (C=O) groups excluding carboxylic acids is 2. The molecule has 0 aliphatic carbocycles. The van der Waals surface area contributed by atoms with Gasteiger partial charge in [-0.2, -0.15) is 5.10 Å². The normalized spacial score (nSPS) is 23.2. The van der Waals surface area contributed by atoms with Crippen LogP contribution in [0.5, 0.6) is 0 Å². The maximum atomic E-state index is 13.1. The summed E-state index contributed by atoms with van der Waals surface area (Å²) >= 11 is 6.39. The Morgan fingerprint density at radius 2 is 2.04 bits per heavy atom. The molecular weight excluding hydrogens is 342 g/mol. The maximum absolute atomic E-state index is 13.1. The smallest absolute Gasteiger partial charge is 0.276 e. The largest absolute Gasteiger partial charge is 0.341 e. The molecule has 3 aliphatic heterocycles. The molecule has 0 saturated carbocycles. The lowest BCUT2D eigenvalue weighted by molar-refractivity contribution is -0.129. The molecule has 2 atom stereocenters. The Balaban J connectivity index is 1.67. The highest BCUT2D eigenvalue weighted by molar-refractivity contribution is 6.36. The summed E-state index contributed by atoms with van der Waals surface area (Å²) in [6, 6.07) is 0.0192. The first-order chi connectivity index (χ1) is 11.9. The first-order valence-corrected chi connectivity index (χ1v) is 8.89. The molecule has 2 amide bonds. The average molecular weight is 362 g/mol. The Bertz CT molecular complexity index is 864. The van der Waals surface area contributed by atoms with Gasteiger partial charge in [-0.1, -0.05) is 11.6 Å². The monoisotopic (exact) mass is 361 g/mol. The van der Waals surface area contributed by atoms with Crippen LogP contribution in [0.15, 0.2) is 12.4 Å². The van der Waals surface area contributed by atoms with Crippen molar-refractivity contribution in [3.05, 3.63) is 28.7 Å². The van der Waals surface area contributed by atoms with Crippen LogP contribution < -0.4 is 0 Å². The van der Waals surface area contributed by atoms with Crippen molar-refractivity contribution in [1.82, 2.24) is 24.4 Å². The van der Waals surface area contributed by atoms with Gasteiger partial charge >= 0.3 is 0 Å². The third-order valence-electron chi connectivity index (χ3n) is 5.17. The van der Waals surface area contributed by atoms with Gasteiger partial charge in [0, 0.05) is 45.0 Å². The Hall–Kier alpha value is -2.15. The van der Waals surface area contributed by atoms with Crippen molar-refractivity contribution in [2.75, 3.05) is 19.6 Å². The first-order valence-electron chi connectivity index (χ1n) is 8.51. The maximum Gasteiger partial charge on any atom is 0.276 e. The standard InChI is InChI=1S/C17H20ClN5O2/c1-10-5-19-16-14(18)15(20-23(16)6-10)17(25)22-8-12-3-4-13(22)9-21(7-12)11(2)24/h5-6,12-13H,3-4,7-9H2,1-2H3/t12-,13+/m1/s1. The molecule has 25 heavy (non-hydrogen) atoms. The van der Waals surface area contributed by atoms with Crippen molar-refractivity contribution in [2.24, 2.45) is 5.92 Å². The summed E-state index contributed by atoms with van der Waals surface area (Å²) in [4.78, 5) is 32.9. The lowest BCUT2D eigenvalue weighted by Crippen LogP contribution is -2.47. The zero-order valence-electron chi connectivity index (χ0n) is 14.3. The Morgan fingerprint density at radius 1 is 1.24 bits per heavy atom. The lowest BCUT2D eigenvalue weighted by Gasteiger charge is -2.35. The van der Waals surface area contributed by atoms with Gasteiger partial charge in [0.25, 0.3) is 5.91 Å². The van der Waals surface area contributed by atoms with Gasteiger partial charge in [-0.15, -0.1) is 0 Å². The van der Waals surface area contributed by atoms with E-state index in [1.54, 1.807) is 23.8 Å². The minimum atomic E-state index is -0.173. The van der Waals surface area contributed by atoms with Crippen molar-refractivity contribution in [3.63, 3.8) is 0 Å². The van der Waals surface area contributed by atoms with Crippen molar-refractivity contribution < 1.29 is 9.59 Å². The molecule has 8 heteroatoms. The number of piperidine rings is 1. The Kier molecular flexibility index (Phi) is 3.91. The van der Waals surface area contributed by atoms with Crippen molar-refractivity contribution in [2.45, 2.75) is 32.7 Å². The van der Waals surface area contributed by atoms with Crippen LogP contribution in [-0.2, 0) is 4.79 Å². The first kappa shape index (κ1) is 16.3. The van der Waals surface area contributed by atoms with Crippen LogP contribution in [0.3, 0.4) is 0 Å². The number of nitrogens with zero attached hydrogens (tertiary/aromatic N) is 5. The van der Waals surface area contributed by atoms with E-state index < -0.39 is 0 Å². The van der Waals surface area contributed by atoms with Crippen LogP contribution in [0, 0.1) is 12.8 Å². The third kappa shape index (κ3) is 2.76. The molecule has 3 aliphatic rings. The van der Waals surface area contributed by atoms with Crippen LogP contribution in [0.1, 0.15) is 35.8 Å². The number of halogens is 1. The van der Waals surface area contributed by atoms with E-state index in [0.29, 0.717) is 24.7 Å². The minimum absolute atomic E-state index is 0.0192. The summed E-state index contributed by atoms with van der Waals surface area (Å²) in [6.07, 6.45) is 5.45. The van der Waals surface area contributed by atoms with E-state index in [0.717, 1.165) is 24.9 Å². The number of carbonyl (C=O) groups is 2. The summed E-state index contributed by atoms with van der Waals surface area (Å²) in [7, 11) is 0. The van der Waals surface area contributed by atoms with Gasteiger partial charge in [0.2, 0.25) is 5.91 Å². The Morgan fingerprint density at radius 3 is 2.80 bits per heavy atom. The highest BCUT2D eigenvalue weighted by atomic mass is 35.5. The number of hydrogen-bond acceptors (Lipinski definition) is 4. The van der Waals surface area contributed by atoms with Crippen molar-refractivity contribution in [1.29, 1.82) is 0 Å². The second kappa shape index (κ2) is 5.98. The number of fused-ring (bicyclic) bond motifs is 5. The van der Waals surface area contributed by atoms with Crippen LogP contribution in [0.4, 0.5) is 0 Å². The molecule has 3 saturated heterocycles. The van der Waals surface area contributed by atoms with Crippen molar-refractivity contribution in [3.8, 4) is 0 Å². The van der Waals surface area contributed by atoms with E-state index >= 15 is 0 Å². The molecule has 2 bridgehead atoms. The fourth-order valence-electron chi connectivity index (χ4n) is 3.86. The van der Waals surface area contributed by atoms with Crippen LogP contribution in [-0.4, -0.2) is 61.9 Å². The quantitative estimate of drug-likeness (QED) is 0.776. The van der Waals surface area contributed by atoms with Crippen LogP contribution in [0.2, 0.25) is 5.02 Å². The molecule has 0 spiro atoms. The third-order valence-corrected chi connectivity index (χ3v) is 5.52. The van der Waals surface area contributed by atoms with Gasteiger partial charge in [-0.3, -0.25) is 9.59 Å². The predicted molar refractivity (Wildman–Crippen MR) is 92.5 cm³/mol. The van der Waals surface area contributed by atoms with Crippen LogP contribution >= 0.6 is 11.6 Å². The second-order valence-electron chi connectivity index (χ2n) is 7.04.